The van der Waals surface area contributed by atoms with Gasteiger partial charge in [-0.1, -0.05) is 51.8 Å². The largest absolute Gasteiger partial charge is 0.346 e. The summed E-state index contributed by atoms with van der Waals surface area (Å²) in [5.74, 6) is -0.0190. The molecule has 1 N–H and O–H groups in total. The molecule has 0 bridgehead atoms. The number of amides is 1. The SMILES string of the molecule is CCC(CC)(CBr)NC(=O)c1cccc(Br)c1. The number of nitrogens with one attached hydrogen (secondary N) is 1. The zero-order chi connectivity index (χ0) is 12.9. The number of benzene rings is 1. The first-order valence-corrected chi connectivity index (χ1v) is 7.62. The Morgan fingerprint density at radius 2 is 2.00 bits per heavy atom. The highest BCUT2D eigenvalue weighted by molar-refractivity contribution is 9.10. The zero-order valence-corrected chi connectivity index (χ0v) is 13.3. The van der Waals surface area contributed by atoms with Crippen molar-refractivity contribution in [1.29, 1.82) is 0 Å². The summed E-state index contributed by atoms with van der Waals surface area (Å²) in [6.45, 7) is 4.18. The van der Waals surface area contributed by atoms with Gasteiger partial charge in [-0.05, 0) is 31.0 Å². The van der Waals surface area contributed by atoms with Crippen LogP contribution in [0.1, 0.15) is 37.0 Å². The first-order chi connectivity index (χ1) is 8.06. The zero-order valence-electron chi connectivity index (χ0n) is 10.1. The second kappa shape index (κ2) is 6.55. The van der Waals surface area contributed by atoms with Crippen molar-refractivity contribution < 1.29 is 4.79 Å². The number of alkyl halides is 1. The minimum Gasteiger partial charge on any atom is -0.346 e. The van der Waals surface area contributed by atoms with Gasteiger partial charge >= 0.3 is 0 Å². The highest BCUT2D eigenvalue weighted by Gasteiger charge is 2.27. The summed E-state index contributed by atoms with van der Waals surface area (Å²) < 4.78 is 0.919. The molecule has 0 heterocycles. The van der Waals surface area contributed by atoms with Crippen molar-refractivity contribution in [3.63, 3.8) is 0 Å². The molecule has 0 fully saturated rings. The fourth-order valence-electron chi connectivity index (χ4n) is 1.59. The van der Waals surface area contributed by atoms with E-state index < -0.39 is 0 Å². The van der Waals surface area contributed by atoms with Crippen LogP contribution < -0.4 is 5.32 Å². The summed E-state index contributed by atoms with van der Waals surface area (Å²) >= 11 is 6.86. The lowest BCUT2D eigenvalue weighted by Crippen LogP contribution is -2.49. The molecule has 0 aliphatic carbocycles. The van der Waals surface area contributed by atoms with E-state index in [1.54, 1.807) is 0 Å². The van der Waals surface area contributed by atoms with E-state index in [9.17, 15) is 4.79 Å². The second-order valence-corrected chi connectivity index (χ2v) is 5.56. The lowest BCUT2D eigenvalue weighted by Gasteiger charge is -2.30. The van der Waals surface area contributed by atoms with Crippen molar-refractivity contribution >= 4 is 37.8 Å². The van der Waals surface area contributed by atoms with Crippen molar-refractivity contribution in [3.8, 4) is 0 Å². The predicted octanol–water partition coefficient (Wildman–Crippen LogP) is 4.13. The van der Waals surface area contributed by atoms with Crippen LogP contribution in [0.4, 0.5) is 0 Å². The number of carbonyl (C=O) groups excluding carboxylic acids is 1. The van der Waals surface area contributed by atoms with Gasteiger partial charge < -0.3 is 5.32 Å². The van der Waals surface area contributed by atoms with Gasteiger partial charge in [0.1, 0.15) is 0 Å². The van der Waals surface area contributed by atoms with E-state index in [1.807, 2.05) is 24.3 Å². The van der Waals surface area contributed by atoms with Crippen molar-refractivity contribution in [1.82, 2.24) is 5.32 Å². The van der Waals surface area contributed by atoms with Gasteiger partial charge in [0.15, 0.2) is 0 Å². The molecule has 0 spiro atoms. The Bertz CT molecular complexity index is 380. The maximum Gasteiger partial charge on any atom is 0.251 e. The predicted molar refractivity (Wildman–Crippen MR) is 78.7 cm³/mol. The van der Waals surface area contributed by atoms with Crippen LogP contribution in [0.15, 0.2) is 28.7 Å². The van der Waals surface area contributed by atoms with Crippen LogP contribution in [0.5, 0.6) is 0 Å². The van der Waals surface area contributed by atoms with Crippen molar-refractivity contribution in [2.45, 2.75) is 32.2 Å². The molecule has 94 valence electrons. The molecule has 0 aromatic heterocycles. The Morgan fingerprint density at radius 1 is 1.35 bits per heavy atom. The van der Waals surface area contributed by atoms with Crippen LogP contribution in [0.25, 0.3) is 0 Å². The third kappa shape index (κ3) is 3.81. The second-order valence-electron chi connectivity index (χ2n) is 4.09. The molecule has 1 aromatic rings. The van der Waals surface area contributed by atoms with Crippen LogP contribution in [0, 0.1) is 0 Å². The number of hydrogen-bond acceptors (Lipinski definition) is 1. The van der Waals surface area contributed by atoms with E-state index in [2.05, 4.69) is 51.0 Å². The minimum absolute atomic E-state index is 0.0190. The summed E-state index contributed by atoms with van der Waals surface area (Å²) in [7, 11) is 0. The molecule has 0 radical (unpaired) electrons. The van der Waals surface area contributed by atoms with Gasteiger partial charge in [0, 0.05) is 20.9 Å². The molecule has 0 atom stereocenters. The Balaban J connectivity index is 2.84. The maximum atomic E-state index is 12.1. The molecule has 17 heavy (non-hydrogen) atoms. The fraction of sp³-hybridized carbons (Fsp3) is 0.462. The lowest BCUT2D eigenvalue weighted by atomic mass is 9.95. The highest BCUT2D eigenvalue weighted by atomic mass is 79.9. The Hall–Kier alpha value is -0.350. The standard InChI is InChI=1S/C13H17Br2NO/c1-3-13(4-2,9-14)16-12(17)10-6-5-7-11(15)8-10/h5-8H,3-4,9H2,1-2H3,(H,16,17). The first-order valence-electron chi connectivity index (χ1n) is 5.71. The van der Waals surface area contributed by atoms with Crippen LogP contribution in [0.2, 0.25) is 0 Å². The third-order valence-corrected chi connectivity index (χ3v) is 4.64. The smallest absolute Gasteiger partial charge is 0.251 e. The van der Waals surface area contributed by atoms with Gasteiger partial charge in [0.25, 0.3) is 5.91 Å². The third-order valence-electron chi connectivity index (χ3n) is 3.07. The van der Waals surface area contributed by atoms with Crippen molar-refractivity contribution in [3.05, 3.63) is 34.3 Å². The van der Waals surface area contributed by atoms with Crippen LogP contribution in [-0.2, 0) is 0 Å². The quantitative estimate of drug-likeness (QED) is 0.784. The van der Waals surface area contributed by atoms with Crippen LogP contribution >= 0.6 is 31.9 Å². The lowest BCUT2D eigenvalue weighted by molar-refractivity contribution is 0.0903. The summed E-state index contributed by atoms with van der Waals surface area (Å²) in [4.78, 5) is 12.1. The van der Waals surface area contributed by atoms with Crippen molar-refractivity contribution in [2.75, 3.05) is 5.33 Å². The van der Waals surface area contributed by atoms with E-state index in [4.69, 9.17) is 0 Å². The molecular formula is C13H17Br2NO. The maximum absolute atomic E-state index is 12.1. The molecule has 1 amide bonds. The Labute approximate surface area is 119 Å². The molecule has 0 saturated carbocycles. The number of hydrogen-bond donors (Lipinski definition) is 1. The highest BCUT2D eigenvalue weighted by Crippen LogP contribution is 2.19. The van der Waals surface area contributed by atoms with E-state index >= 15 is 0 Å². The molecule has 0 aliphatic heterocycles. The molecular weight excluding hydrogens is 346 g/mol. The molecule has 0 aliphatic rings. The summed E-state index contributed by atoms with van der Waals surface area (Å²) in [5, 5.41) is 3.89. The molecule has 4 heteroatoms. The molecule has 0 saturated heterocycles. The Kier molecular flexibility index (Phi) is 5.67. The van der Waals surface area contributed by atoms with Crippen molar-refractivity contribution in [2.24, 2.45) is 0 Å². The van der Waals surface area contributed by atoms with E-state index in [1.165, 1.54) is 0 Å². The van der Waals surface area contributed by atoms with Gasteiger partial charge in [-0.3, -0.25) is 4.79 Å². The van der Waals surface area contributed by atoms with Gasteiger partial charge in [-0.2, -0.15) is 0 Å². The number of halogens is 2. The first kappa shape index (κ1) is 14.7. The normalized spacial score (nSPS) is 11.3. The topological polar surface area (TPSA) is 29.1 Å². The molecule has 2 nitrogen and oxygen atoms in total. The minimum atomic E-state index is -0.153. The fourth-order valence-corrected chi connectivity index (χ4v) is 2.92. The summed E-state index contributed by atoms with van der Waals surface area (Å²) in [5.41, 5.74) is 0.533. The molecule has 1 aromatic carbocycles. The van der Waals surface area contributed by atoms with Crippen LogP contribution in [-0.4, -0.2) is 16.8 Å². The van der Waals surface area contributed by atoms with Crippen LogP contribution in [0.3, 0.4) is 0 Å². The number of carbonyl (C=O) groups is 1. The monoisotopic (exact) mass is 361 g/mol. The van der Waals surface area contributed by atoms with E-state index in [0.29, 0.717) is 5.56 Å². The van der Waals surface area contributed by atoms with E-state index in [-0.39, 0.29) is 11.4 Å². The average molecular weight is 363 g/mol. The summed E-state index contributed by atoms with van der Waals surface area (Å²) in [6.07, 6.45) is 1.82. The molecule has 0 unspecified atom stereocenters. The van der Waals surface area contributed by atoms with Gasteiger partial charge in [-0.15, -0.1) is 0 Å². The Morgan fingerprint density at radius 3 is 2.47 bits per heavy atom. The van der Waals surface area contributed by atoms with Gasteiger partial charge in [0.2, 0.25) is 0 Å². The van der Waals surface area contributed by atoms with E-state index in [0.717, 1.165) is 22.6 Å². The average Bonchev–Trinajstić information content (AvgIpc) is 2.36. The van der Waals surface area contributed by atoms with Gasteiger partial charge in [0.05, 0.1) is 0 Å². The molecule has 1 rings (SSSR count). The number of rotatable bonds is 5. The van der Waals surface area contributed by atoms with Gasteiger partial charge in [-0.25, -0.2) is 0 Å². The summed E-state index contributed by atoms with van der Waals surface area (Å²) in [6, 6.07) is 7.44.